The third-order valence-corrected chi connectivity index (χ3v) is 2.44. The van der Waals surface area contributed by atoms with E-state index in [1.807, 2.05) is 0 Å². The number of halogens is 3. The molecule has 0 spiro atoms. The summed E-state index contributed by atoms with van der Waals surface area (Å²) in [6.07, 6.45) is -4.44. The van der Waals surface area contributed by atoms with E-state index in [0.717, 1.165) is 12.1 Å². The molecule has 0 amide bonds. The van der Waals surface area contributed by atoms with Crippen LogP contribution >= 0.6 is 0 Å². The number of benzene rings is 1. The molecule has 6 heteroatoms. The van der Waals surface area contributed by atoms with Gasteiger partial charge in [-0.1, -0.05) is 19.9 Å². The minimum Gasteiger partial charge on any atom is -0.480 e. The van der Waals surface area contributed by atoms with Gasteiger partial charge in [-0.3, -0.25) is 0 Å². The van der Waals surface area contributed by atoms with Crippen molar-refractivity contribution in [2.24, 2.45) is 5.92 Å². The molecular formula is C12H14F3NO2. The smallest absolute Gasteiger partial charge is 0.416 e. The SMILES string of the molecule is CC(C)[C@H](Nc1cccc(C(F)(F)F)c1)C(=O)O. The van der Waals surface area contributed by atoms with Crippen LogP contribution in [-0.2, 0) is 11.0 Å². The van der Waals surface area contributed by atoms with Crippen LogP contribution in [0.3, 0.4) is 0 Å². The molecule has 1 rings (SSSR count). The molecule has 0 unspecified atom stereocenters. The number of carboxylic acid groups (broad SMARTS) is 1. The number of hydrogen-bond donors (Lipinski definition) is 2. The molecule has 0 aliphatic heterocycles. The van der Waals surface area contributed by atoms with Crippen molar-refractivity contribution in [3.63, 3.8) is 0 Å². The van der Waals surface area contributed by atoms with Crippen LogP contribution in [0.2, 0.25) is 0 Å². The molecule has 1 aromatic rings. The average molecular weight is 261 g/mol. The summed E-state index contributed by atoms with van der Waals surface area (Å²) in [7, 11) is 0. The second kappa shape index (κ2) is 5.29. The van der Waals surface area contributed by atoms with E-state index in [1.165, 1.54) is 12.1 Å². The summed E-state index contributed by atoms with van der Waals surface area (Å²) in [5.74, 6) is -1.33. The van der Waals surface area contributed by atoms with Crippen LogP contribution in [0, 0.1) is 5.92 Å². The van der Waals surface area contributed by atoms with E-state index in [4.69, 9.17) is 5.11 Å². The monoisotopic (exact) mass is 261 g/mol. The van der Waals surface area contributed by atoms with Crippen molar-refractivity contribution in [1.82, 2.24) is 0 Å². The summed E-state index contributed by atoms with van der Waals surface area (Å²) >= 11 is 0. The standard InChI is InChI=1S/C12H14F3NO2/c1-7(2)10(11(17)18)16-9-5-3-4-8(6-9)12(13,14)15/h3-7,10,16H,1-2H3,(H,17,18)/t10-/m0/s1. The zero-order chi connectivity index (χ0) is 13.9. The molecule has 18 heavy (non-hydrogen) atoms. The molecule has 0 aliphatic rings. The van der Waals surface area contributed by atoms with E-state index in [2.05, 4.69) is 5.32 Å². The van der Waals surface area contributed by atoms with Gasteiger partial charge in [0, 0.05) is 5.69 Å². The maximum atomic E-state index is 12.5. The summed E-state index contributed by atoms with van der Waals surface area (Å²) in [5, 5.41) is 11.5. The molecule has 0 fully saturated rings. The predicted octanol–water partition coefficient (Wildman–Crippen LogP) is 3.23. The van der Waals surface area contributed by atoms with Gasteiger partial charge in [-0.05, 0) is 24.1 Å². The number of nitrogens with one attached hydrogen (secondary N) is 1. The van der Waals surface area contributed by atoms with Gasteiger partial charge in [-0.25, -0.2) is 4.79 Å². The summed E-state index contributed by atoms with van der Waals surface area (Å²) in [6.45, 7) is 3.36. The van der Waals surface area contributed by atoms with Gasteiger partial charge in [0.25, 0.3) is 0 Å². The Bertz CT molecular complexity index is 430. The van der Waals surface area contributed by atoms with E-state index in [-0.39, 0.29) is 11.6 Å². The van der Waals surface area contributed by atoms with Gasteiger partial charge in [0.15, 0.2) is 0 Å². The molecule has 0 heterocycles. The first-order valence-electron chi connectivity index (χ1n) is 5.38. The van der Waals surface area contributed by atoms with Gasteiger partial charge in [-0.15, -0.1) is 0 Å². The molecule has 100 valence electrons. The highest BCUT2D eigenvalue weighted by molar-refractivity contribution is 5.77. The van der Waals surface area contributed by atoms with Gasteiger partial charge in [0.1, 0.15) is 6.04 Å². The number of aliphatic carboxylic acids is 1. The van der Waals surface area contributed by atoms with Crippen LogP contribution < -0.4 is 5.32 Å². The largest absolute Gasteiger partial charge is 0.480 e. The Hall–Kier alpha value is -1.72. The number of anilines is 1. The fraction of sp³-hybridized carbons (Fsp3) is 0.417. The topological polar surface area (TPSA) is 49.3 Å². The highest BCUT2D eigenvalue weighted by atomic mass is 19.4. The first-order valence-corrected chi connectivity index (χ1v) is 5.38. The van der Waals surface area contributed by atoms with Crippen molar-refractivity contribution >= 4 is 11.7 Å². The van der Waals surface area contributed by atoms with Gasteiger partial charge >= 0.3 is 12.1 Å². The molecular weight excluding hydrogens is 247 g/mol. The van der Waals surface area contributed by atoms with Crippen molar-refractivity contribution in [3.8, 4) is 0 Å². The number of carboxylic acids is 1. The third-order valence-electron chi connectivity index (χ3n) is 2.44. The minimum atomic E-state index is -4.44. The van der Waals surface area contributed by atoms with Crippen LogP contribution in [0.4, 0.5) is 18.9 Å². The lowest BCUT2D eigenvalue weighted by Crippen LogP contribution is -2.34. The number of hydrogen-bond acceptors (Lipinski definition) is 2. The fourth-order valence-corrected chi connectivity index (χ4v) is 1.48. The average Bonchev–Trinajstić information content (AvgIpc) is 2.24. The summed E-state index contributed by atoms with van der Waals surface area (Å²) < 4.78 is 37.4. The molecule has 1 atom stereocenters. The Morgan fingerprint density at radius 3 is 2.39 bits per heavy atom. The van der Waals surface area contributed by atoms with E-state index in [1.54, 1.807) is 13.8 Å². The first kappa shape index (κ1) is 14.3. The quantitative estimate of drug-likeness (QED) is 0.874. The van der Waals surface area contributed by atoms with Crippen molar-refractivity contribution in [2.45, 2.75) is 26.1 Å². The maximum Gasteiger partial charge on any atom is 0.416 e. The Kier molecular flexibility index (Phi) is 4.21. The van der Waals surface area contributed by atoms with E-state index >= 15 is 0 Å². The second-order valence-corrected chi connectivity index (χ2v) is 4.28. The second-order valence-electron chi connectivity index (χ2n) is 4.28. The molecule has 0 saturated heterocycles. The van der Waals surface area contributed by atoms with Crippen molar-refractivity contribution in [2.75, 3.05) is 5.32 Å². The first-order chi connectivity index (χ1) is 8.21. The summed E-state index contributed by atoms with van der Waals surface area (Å²) in [5.41, 5.74) is -0.661. The van der Waals surface area contributed by atoms with Crippen LogP contribution in [0.1, 0.15) is 19.4 Å². The number of carbonyl (C=O) groups is 1. The van der Waals surface area contributed by atoms with Crippen LogP contribution in [0.5, 0.6) is 0 Å². The van der Waals surface area contributed by atoms with Crippen LogP contribution in [0.25, 0.3) is 0 Å². The highest BCUT2D eigenvalue weighted by Gasteiger charge is 2.31. The van der Waals surface area contributed by atoms with Crippen molar-refractivity contribution in [3.05, 3.63) is 29.8 Å². The van der Waals surface area contributed by atoms with Gasteiger partial charge < -0.3 is 10.4 Å². The Labute approximate surface area is 103 Å². The Morgan fingerprint density at radius 2 is 1.94 bits per heavy atom. The van der Waals surface area contributed by atoms with E-state index in [0.29, 0.717) is 0 Å². The zero-order valence-corrected chi connectivity index (χ0v) is 9.95. The lowest BCUT2D eigenvalue weighted by Gasteiger charge is -2.19. The molecule has 2 N–H and O–H groups in total. The molecule has 0 radical (unpaired) electrons. The fourth-order valence-electron chi connectivity index (χ4n) is 1.48. The summed E-state index contributed by atoms with van der Waals surface area (Å²) in [6, 6.07) is 3.57. The maximum absolute atomic E-state index is 12.5. The van der Waals surface area contributed by atoms with E-state index in [9.17, 15) is 18.0 Å². The highest BCUT2D eigenvalue weighted by Crippen LogP contribution is 2.30. The van der Waals surface area contributed by atoms with Crippen molar-refractivity contribution < 1.29 is 23.1 Å². The minimum absolute atomic E-state index is 0.144. The van der Waals surface area contributed by atoms with Crippen LogP contribution in [-0.4, -0.2) is 17.1 Å². The molecule has 0 bridgehead atoms. The lowest BCUT2D eigenvalue weighted by atomic mass is 10.0. The van der Waals surface area contributed by atoms with Gasteiger partial charge in [0.2, 0.25) is 0 Å². The Balaban J connectivity index is 2.94. The molecule has 3 nitrogen and oxygen atoms in total. The van der Waals surface area contributed by atoms with E-state index < -0.39 is 23.8 Å². The van der Waals surface area contributed by atoms with Gasteiger partial charge in [0.05, 0.1) is 5.56 Å². The molecule has 0 aromatic heterocycles. The third kappa shape index (κ3) is 3.65. The number of rotatable bonds is 4. The molecule has 0 saturated carbocycles. The molecule has 0 aliphatic carbocycles. The van der Waals surface area contributed by atoms with Crippen molar-refractivity contribution in [1.29, 1.82) is 0 Å². The normalized spacial score (nSPS) is 13.4. The van der Waals surface area contributed by atoms with Gasteiger partial charge in [-0.2, -0.15) is 13.2 Å². The number of alkyl halides is 3. The van der Waals surface area contributed by atoms with Crippen LogP contribution in [0.15, 0.2) is 24.3 Å². The summed E-state index contributed by atoms with van der Waals surface area (Å²) in [4.78, 5) is 10.9. The Morgan fingerprint density at radius 1 is 1.33 bits per heavy atom. The lowest BCUT2D eigenvalue weighted by molar-refractivity contribution is -0.139. The predicted molar refractivity (Wildman–Crippen MR) is 61.3 cm³/mol. The molecule has 1 aromatic carbocycles. The zero-order valence-electron chi connectivity index (χ0n) is 9.95.